The Morgan fingerprint density at radius 1 is 1.00 bits per heavy atom. The second-order valence-electron chi connectivity index (χ2n) is 5.56. The summed E-state index contributed by atoms with van der Waals surface area (Å²) in [4.78, 5) is 12.1. The summed E-state index contributed by atoms with van der Waals surface area (Å²) in [5.74, 6) is -0.455. The molecule has 0 unspecified atom stereocenters. The SMILES string of the molecule is COc1ccc(S(=O)(=O)CCC(=O)Nc2ccccc2S(C)(=O)=O)cc1. The largest absolute Gasteiger partial charge is 0.497 e. The van der Waals surface area contributed by atoms with E-state index in [0.717, 1.165) is 6.26 Å². The molecule has 0 aliphatic heterocycles. The Morgan fingerprint density at radius 2 is 1.62 bits per heavy atom. The van der Waals surface area contributed by atoms with Gasteiger partial charge in [0.1, 0.15) is 5.75 Å². The highest BCUT2D eigenvalue weighted by Gasteiger charge is 2.18. The molecule has 0 aliphatic carbocycles. The summed E-state index contributed by atoms with van der Waals surface area (Å²) in [6, 6.07) is 11.8. The molecule has 0 radical (unpaired) electrons. The van der Waals surface area contributed by atoms with Gasteiger partial charge >= 0.3 is 0 Å². The first-order chi connectivity index (χ1) is 12.1. The zero-order valence-electron chi connectivity index (χ0n) is 14.3. The Bertz CT molecular complexity index is 996. The van der Waals surface area contributed by atoms with Gasteiger partial charge in [-0.1, -0.05) is 12.1 Å². The summed E-state index contributed by atoms with van der Waals surface area (Å²) in [6.45, 7) is 0. The third kappa shape index (κ3) is 5.06. The number of ether oxygens (including phenoxy) is 1. The van der Waals surface area contributed by atoms with Crippen LogP contribution in [0.2, 0.25) is 0 Å². The van der Waals surface area contributed by atoms with Crippen LogP contribution in [0.4, 0.5) is 5.69 Å². The molecule has 2 aromatic rings. The Kier molecular flexibility index (Phi) is 6.04. The second-order valence-corrected chi connectivity index (χ2v) is 9.65. The summed E-state index contributed by atoms with van der Waals surface area (Å²) in [5.41, 5.74) is 0.127. The minimum atomic E-state index is -3.65. The zero-order chi connectivity index (χ0) is 19.4. The van der Waals surface area contributed by atoms with Crippen LogP contribution in [-0.2, 0) is 24.5 Å². The van der Waals surface area contributed by atoms with Crippen molar-refractivity contribution in [3.05, 3.63) is 48.5 Å². The van der Waals surface area contributed by atoms with Gasteiger partial charge in [0.05, 0.1) is 28.3 Å². The molecule has 0 heterocycles. The first-order valence-electron chi connectivity index (χ1n) is 7.59. The number of rotatable bonds is 7. The topological polar surface area (TPSA) is 107 Å². The van der Waals surface area contributed by atoms with E-state index in [1.807, 2.05) is 0 Å². The van der Waals surface area contributed by atoms with E-state index >= 15 is 0 Å². The molecule has 140 valence electrons. The van der Waals surface area contributed by atoms with Gasteiger partial charge in [0.25, 0.3) is 0 Å². The minimum absolute atomic E-state index is 0.0219. The van der Waals surface area contributed by atoms with Crippen LogP contribution in [0, 0.1) is 0 Å². The molecular weight excluding hydrogens is 378 g/mol. The zero-order valence-corrected chi connectivity index (χ0v) is 15.9. The van der Waals surface area contributed by atoms with Crippen molar-refractivity contribution in [2.45, 2.75) is 16.2 Å². The highest BCUT2D eigenvalue weighted by atomic mass is 32.2. The van der Waals surface area contributed by atoms with Gasteiger partial charge in [0, 0.05) is 12.7 Å². The Balaban J connectivity index is 2.07. The number of carbonyl (C=O) groups is 1. The van der Waals surface area contributed by atoms with E-state index in [1.54, 1.807) is 12.1 Å². The van der Waals surface area contributed by atoms with Crippen molar-refractivity contribution in [1.29, 1.82) is 0 Å². The molecule has 0 fully saturated rings. The Morgan fingerprint density at radius 3 is 2.19 bits per heavy atom. The van der Waals surface area contributed by atoms with Gasteiger partial charge in [-0.2, -0.15) is 0 Å². The summed E-state index contributed by atoms with van der Waals surface area (Å²) in [5, 5.41) is 2.46. The van der Waals surface area contributed by atoms with E-state index in [4.69, 9.17) is 4.74 Å². The molecule has 2 rings (SSSR count). The number of benzene rings is 2. The van der Waals surface area contributed by atoms with Crippen LogP contribution in [0.5, 0.6) is 5.75 Å². The highest BCUT2D eigenvalue weighted by molar-refractivity contribution is 7.91. The van der Waals surface area contributed by atoms with Gasteiger partial charge < -0.3 is 10.1 Å². The molecular formula is C17H19NO6S2. The molecule has 9 heteroatoms. The van der Waals surface area contributed by atoms with Crippen molar-refractivity contribution in [2.24, 2.45) is 0 Å². The average molecular weight is 397 g/mol. The fourth-order valence-corrected chi connectivity index (χ4v) is 4.32. The molecule has 0 saturated heterocycles. The number of sulfone groups is 2. The number of anilines is 1. The number of nitrogens with one attached hydrogen (secondary N) is 1. The number of hydrogen-bond acceptors (Lipinski definition) is 6. The smallest absolute Gasteiger partial charge is 0.225 e. The molecule has 7 nitrogen and oxygen atoms in total. The van der Waals surface area contributed by atoms with Crippen molar-refractivity contribution in [3.8, 4) is 5.75 Å². The molecule has 0 aliphatic rings. The predicted octanol–water partition coefficient (Wildman–Crippen LogP) is 1.90. The number of para-hydroxylation sites is 1. The lowest BCUT2D eigenvalue weighted by atomic mass is 10.3. The Hall–Kier alpha value is -2.39. The van der Waals surface area contributed by atoms with E-state index in [1.165, 1.54) is 43.5 Å². The molecule has 0 bridgehead atoms. The minimum Gasteiger partial charge on any atom is -0.497 e. The van der Waals surface area contributed by atoms with Crippen LogP contribution >= 0.6 is 0 Å². The molecule has 0 saturated carbocycles. The van der Waals surface area contributed by atoms with Crippen LogP contribution in [-0.4, -0.2) is 41.9 Å². The first kappa shape index (κ1) is 19.9. The van der Waals surface area contributed by atoms with Crippen LogP contribution in [0.25, 0.3) is 0 Å². The lowest BCUT2D eigenvalue weighted by Gasteiger charge is -2.10. The van der Waals surface area contributed by atoms with Gasteiger partial charge in [-0.3, -0.25) is 4.79 Å². The maximum Gasteiger partial charge on any atom is 0.225 e. The van der Waals surface area contributed by atoms with Gasteiger partial charge in [-0.25, -0.2) is 16.8 Å². The monoisotopic (exact) mass is 397 g/mol. The predicted molar refractivity (Wildman–Crippen MR) is 97.8 cm³/mol. The highest BCUT2D eigenvalue weighted by Crippen LogP contribution is 2.21. The lowest BCUT2D eigenvalue weighted by molar-refractivity contribution is -0.115. The molecule has 0 atom stereocenters. The summed E-state index contributed by atoms with van der Waals surface area (Å²) in [7, 11) is -5.69. The van der Waals surface area contributed by atoms with Crippen LogP contribution in [0.1, 0.15) is 6.42 Å². The molecule has 0 spiro atoms. The fourth-order valence-electron chi connectivity index (χ4n) is 2.23. The van der Waals surface area contributed by atoms with Crippen molar-refractivity contribution in [1.82, 2.24) is 0 Å². The number of hydrogen-bond donors (Lipinski definition) is 1. The van der Waals surface area contributed by atoms with Crippen LogP contribution in [0.3, 0.4) is 0 Å². The first-order valence-corrected chi connectivity index (χ1v) is 11.1. The van der Waals surface area contributed by atoms with Crippen molar-refractivity contribution >= 4 is 31.3 Å². The lowest BCUT2D eigenvalue weighted by Crippen LogP contribution is -2.18. The fraction of sp³-hybridized carbons (Fsp3) is 0.235. The molecule has 1 amide bonds. The normalized spacial score (nSPS) is 11.8. The van der Waals surface area contributed by atoms with E-state index in [2.05, 4.69) is 5.32 Å². The summed E-state index contributed by atoms with van der Waals surface area (Å²) < 4.78 is 53.0. The quantitative estimate of drug-likeness (QED) is 0.765. The molecule has 1 N–H and O–H groups in total. The van der Waals surface area contributed by atoms with Gasteiger partial charge in [0.2, 0.25) is 5.91 Å². The second kappa shape index (κ2) is 7.88. The maximum atomic E-state index is 12.3. The van der Waals surface area contributed by atoms with Gasteiger partial charge in [0.15, 0.2) is 19.7 Å². The third-order valence-corrected chi connectivity index (χ3v) is 6.46. The average Bonchev–Trinajstić information content (AvgIpc) is 2.60. The van der Waals surface area contributed by atoms with E-state index in [-0.39, 0.29) is 21.9 Å². The van der Waals surface area contributed by atoms with Crippen molar-refractivity contribution in [2.75, 3.05) is 24.4 Å². The van der Waals surface area contributed by atoms with E-state index in [0.29, 0.717) is 5.75 Å². The van der Waals surface area contributed by atoms with Crippen LogP contribution in [0.15, 0.2) is 58.3 Å². The summed E-state index contributed by atoms with van der Waals surface area (Å²) in [6.07, 6.45) is 0.735. The van der Waals surface area contributed by atoms with E-state index in [9.17, 15) is 21.6 Å². The van der Waals surface area contributed by atoms with Crippen LogP contribution < -0.4 is 10.1 Å². The standard InChI is InChI=1S/C17H19NO6S2/c1-24-13-7-9-14(10-8-13)26(22,23)12-11-17(19)18-15-5-3-4-6-16(15)25(2,20)21/h3-10H,11-12H2,1-2H3,(H,18,19). The summed E-state index contributed by atoms with van der Waals surface area (Å²) >= 11 is 0. The third-order valence-electron chi connectivity index (χ3n) is 3.58. The van der Waals surface area contributed by atoms with Crippen molar-refractivity contribution in [3.63, 3.8) is 0 Å². The van der Waals surface area contributed by atoms with Gasteiger partial charge in [-0.05, 0) is 36.4 Å². The van der Waals surface area contributed by atoms with Crippen molar-refractivity contribution < 1.29 is 26.4 Å². The number of methoxy groups -OCH3 is 1. The Labute approximate surface area is 152 Å². The van der Waals surface area contributed by atoms with E-state index < -0.39 is 31.3 Å². The van der Waals surface area contributed by atoms with Gasteiger partial charge in [-0.15, -0.1) is 0 Å². The molecule has 0 aromatic heterocycles. The molecule has 26 heavy (non-hydrogen) atoms. The number of amides is 1. The maximum absolute atomic E-state index is 12.3. The number of carbonyl (C=O) groups excluding carboxylic acids is 1. The molecule has 2 aromatic carbocycles.